The quantitative estimate of drug-likeness (QED) is 0.885. The predicted octanol–water partition coefficient (Wildman–Crippen LogP) is 3.14. The fourth-order valence-corrected chi connectivity index (χ4v) is 2.28. The Morgan fingerprint density at radius 1 is 1.33 bits per heavy atom. The fourth-order valence-electron chi connectivity index (χ4n) is 2.16. The largest absolute Gasteiger partial charge is 0.465 e. The molecule has 1 fully saturated rings. The number of carbonyl (C=O) groups is 1. The zero-order chi connectivity index (χ0) is 13.0. The van der Waals surface area contributed by atoms with Gasteiger partial charge in [0.25, 0.3) is 0 Å². The number of hydrogen-bond acceptors (Lipinski definition) is 2. The van der Waals surface area contributed by atoms with E-state index in [2.05, 4.69) is 5.32 Å². The van der Waals surface area contributed by atoms with Gasteiger partial charge in [-0.2, -0.15) is 0 Å². The summed E-state index contributed by atoms with van der Waals surface area (Å²) in [4.78, 5) is 12.3. The minimum absolute atomic E-state index is 0.538. The minimum Gasteiger partial charge on any atom is -0.465 e. The number of halogens is 1. The molecule has 98 valence electrons. The molecule has 1 aliphatic rings. The first-order chi connectivity index (χ1) is 8.65. The standard InChI is InChI=1S/C13H17ClN2O2/c14-11-1-3-12(4-2-11)15-9-10-5-7-16(8-6-10)13(17)18/h1-4,10,15H,5-9H2,(H,17,18). The number of rotatable bonds is 3. The van der Waals surface area contributed by atoms with Crippen LogP contribution in [0.4, 0.5) is 10.5 Å². The van der Waals surface area contributed by atoms with Crippen molar-refractivity contribution in [3.63, 3.8) is 0 Å². The van der Waals surface area contributed by atoms with E-state index in [1.807, 2.05) is 24.3 Å². The summed E-state index contributed by atoms with van der Waals surface area (Å²) >= 11 is 5.82. The van der Waals surface area contributed by atoms with Crippen LogP contribution < -0.4 is 5.32 Å². The van der Waals surface area contributed by atoms with Crippen LogP contribution in [0.3, 0.4) is 0 Å². The molecule has 1 aromatic rings. The highest BCUT2D eigenvalue weighted by Gasteiger charge is 2.21. The van der Waals surface area contributed by atoms with Gasteiger partial charge in [0, 0.05) is 30.3 Å². The number of amides is 1. The second kappa shape index (κ2) is 5.96. The van der Waals surface area contributed by atoms with Gasteiger partial charge in [-0.25, -0.2) is 4.79 Å². The van der Waals surface area contributed by atoms with Gasteiger partial charge in [0.15, 0.2) is 0 Å². The van der Waals surface area contributed by atoms with Crippen LogP contribution in [-0.2, 0) is 0 Å². The maximum Gasteiger partial charge on any atom is 0.407 e. The average Bonchev–Trinajstić information content (AvgIpc) is 2.38. The summed E-state index contributed by atoms with van der Waals surface area (Å²) in [5, 5.41) is 12.9. The number of carboxylic acid groups (broad SMARTS) is 1. The predicted molar refractivity (Wildman–Crippen MR) is 72.3 cm³/mol. The summed E-state index contributed by atoms with van der Waals surface area (Å²) in [5.41, 5.74) is 1.06. The molecule has 1 heterocycles. The molecule has 0 unspecified atom stereocenters. The van der Waals surface area contributed by atoms with Gasteiger partial charge in [-0.3, -0.25) is 0 Å². The number of hydrogen-bond donors (Lipinski definition) is 2. The van der Waals surface area contributed by atoms with E-state index in [4.69, 9.17) is 16.7 Å². The van der Waals surface area contributed by atoms with Gasteiger partial charge >= 0.3 is 6.09 Å². The molecule has 0 spiro atoms. The summed E-state index contributed by atoms with van der Waals surface area (Å²) < 4.78 is 0. The highest BCUT2D eigenvalue weighted by Crippen LogP contribution is 2.19. The third-order valence-electron chi connectivity index (χ3n) is 3.32. The molecular weight excluding hydrogens is 252 g/mol. The first-order valence-electron chi connectivity index (χ1n) is 6.12. The Labute approximate surface area is 112 Å². The maximum absolute atomic E-state index is 10.8. The lowest BCUT2D eigenvalue weighted by molar-refractivity contribution is 0.126. The summed E-state index contributed by atoms with van der Waals surface area (Å²) in [6, 6.07) is 7.62. The molecule has 2 rings (SSSR count). The molecule has 0 saturated carbocycles. The number of likely N-dealkylation sites (tertiary alicyclic amines) is 1. The second-order valence-corrected chi connectivity index (χ2v) is 5.04. The van der Waals surface area contributed by atoms with E-state index in [1.54, 1.807) is 0 Å². The van der Waals surface area contributed by atoms with Crippen molar-refractivity contribution in [3.8, 4) is 0 Å². The third kappa shape index (κ3) is 3.53. The zero-order valence-corrected chi connectivity index (χ0v) is 10.9. The van der Waals surface area contributed by atoms with E-state index in [-0.39, 0.29) is 0 Å². The Kier molecular flexibility index (Phi) is 4.31. The monoisotopic (exact) mass is 268 g/mol. The third-order valence-corrected chi connectivity index (χ3v) is 3.58. The summed E-state index contributed by atoms with van der Waals surface area (Å²) in [5.74, 6) is 0.538. The van der Waals surface area contributed by atoms with Crippen LogP contribution in [-0.4, -0.2) is 35.7 Å². The summed E-state index contributed by atoms with van der Waals surface area (Å²) in [6.07, 6.45) is 1.04. The van der Waals surface area contributed by atoms with Crippen molar-refractivity contribution in [3.05, 3.63) is 29.3 Å². The van der Waals surface area contributed by atoms with E-state index in [1.165, 1.54) is 4.90 Å². The van der Waals surface area contributed by atoms with Gasteiger partial charge < -0.3 is 15.3 Å². The highest BCUT2D eigenvalue weighted by molar-refractivity contribution is 6.30. The van der Waals surface area contributed by atoms with Crippen LogP contribution in [0, 0.1) is 5.92 Å². The Morgan fingerprint density at radius 2 is 1.94 bits per heavy atom. The van der Waals surface area contributed by atoms with E-state index in [0.717, 1.165) is 30.1 Å². The highest BCUT2D eigenvalue weighted by atomic mass is 35.5. The molecule has 0 aromatic heterocycles. The van der Waals surface area contributed by atoms with E-state index in [9.17, 15) is 4.79 Å². The lowest BCUT2D eigenvalue weighted by atomic mass is 9.97. The molecule has 1 amide bonds. The molecule has 0 bridgehead atoms. The van der Waals surface area contributed by atoms with Crippen LogP contribution in [0.2, 0.25) is 5.02 Å². The van der Waals surface area contributed by atoms with Gasteiger partial charge in [-0.15, -0.1) is 0 Å². The molecule has 1 aromatic carbocycles. The Hall–Kier alpha value is -1.42. The first kappa shape index (κ1) is 13.0. The van der Waals surface area contributed by atoms with Crippen LogP contribution in [0.15, 0.2) is 24.3 Å². The second-order valence-electron chi connectivity index (χ2n) is 4.60. The van der Waals surface area contributed by atoms with Crippen molar-refractivity contribution in [2.75, 3.05) is 25.0 Å². The molecule has 1 aliphatic heterocycles. The topological polar surface area (TPSA) is 52.6 Å². The van der Waals surface area contributed by atoms with Crippen molar-refractivity contribution in [2.45, 2.75) is 12.8 Å². The Balaban J connectivity index is 1.75. The van der Waals surface area contributed by atoms with Gasteiger partial charge in [0.1, 0.15) is 0 Å². The maximum atomic E-state index is 10.8. The molecule has 4 nitrogen and oxygen atoms in total. The first-order valence-corrected chi connectivity index (χ1v) is 6.50. The zero-order valence-electron chi connectivity index (χ0n) is 10.1. The fraction of sp³-hybridized carbons (Fsp3) is 0.462. The van der Waals surface area contributed by atoms with Crippen LogP contribution >= 0.6 is 11.6 Å². The SMILES string of the molecule is O=C(O)N1CCC(CNc2ccc(Cl)cc2)CC1. The van der Waals surface area contributed by atoms with Gasteiger partial charge in [-0.05, 0) is 43.0 Å². The van der Waals surface area contributed by atoms with Crippen molar-refractivity contribution in [1.29, 1.82) is 0 Å². The molecule has 0 atom stereocenters. The van der Waals surface area contributed by atoms with Crippen molar-refractivity contribution in [1.82, 2.24) is 4.90 Å². The van der Waals surface area contributed by atoms with Crippen LogP contribution in [0.1, 0.15) is 12.8 Å². The van der Waals surface area contributed by atoms with E-state index in [0.29, 0.717) is 19.0 Å². The smallest absolute Gasteiger partial charge is 0.407 e. The minimum atomic E-state index is -0.806. The number of nitrogens with zero attached hydrogens (tertiary/aromatic N) is 1. The molecule has 0 aliphatic carbocycles. The lowest BCUT2D eigenvalue weighted by Crippen LogP contribution is -2.39. The number of nitrogens with one attached hydrogen (secondary N) is 1. The summed E-state index contributed by atoms with van der Waals surface area (Å²) in [7, 11) is 0. The van der Waals surface area contributed by atoms with Crippen LogP contribution in [0.5, 0.6) is 0 Å². The number of piperidine rings is 1. The van der Waals surface area contributed by atoms with E-state index >= 15 is 0 Å². The van der Waals surface area contributed by atoms with Crippen molar-refractivity contribution < 1.29 is 9.90 Å². The number of benzene rings is 1. The Bertz CT molecular complexity index is 400. The van der Waals surface area contributed by atoms with Gasteiger partial charge in [0.2, 0.25) is 0 Å². The van der Waals surface area contributed by atoms with Crippen molar-refractivity contribution in [2.24, 2.45) is 5.92 Å². The van der Waals surface area contributed by atoms with E-state index < -0.39 is 6.09 Å². The normalized spacial score (nSPS) is 16.6. The molecule has 1 saturated heterocycles. The average molecular weight is 269 g/mol. The molecule has 2 N–H and O–H groups in total. The summed E-state index contributed by atoms with van der Waals surface area (Å²) in [6.45, 7) is 2.17. The lowest BCUT2D eigenvalue weighted by Gasteiger charge is -2.30. The number of anilines is 1. The molecule has 5 heteroatoms. The molecule has 18 heavy (non-hydrogen) atoms. The Morgan fingerprint density at radius 3 is 2.50 bits per heavy atom. The van der Waals surface area contributed by atoms with Crippen LogP contribution in [0.25, 0.3) is 0 Å². The van der Waals surface area contributed by atoms with Gasteiger partial charge in [0.05, 0.1) is 0 Å². The molecular formula is C13H17ClN2O2. The van der Waals surface area contributed by atoms with Crippen molar-refractivity contribution >= 4 is 23.4 Å². The van der Waals surface area contributed by atoms with Gasteiger partial charge in [-0.1, -0.05) is 11.6 Å². The molecule has 0 radical (unpaired) electrons.